The van der Waals surface area contributed by atoms with E-state index in [0.29, 0.717) is 32.6 Å². The first-order valence-corrected chi connectivity index (χ1v) is 11.7. The maximum absolute atomic E-state index is 13.5. The second-order valence-electron chi connectivity index (χ2n) is 8.53. The van der Waals surface area contributed by atoms with Gasteiger partial charge in [0.15, 0.2) is 0 Å². The summed E-state index contributed by atoms with van der Waals surface area (Å²) in [6.45, 7) is 1.82. The van der Waals surface area contributed by atoms with E-state index >= 15 is 0 Å². The van der Waals surface area contributed by atoms with Gasteiger partial charge in [-0.3, -0.25) is 19.1 Å². The smallest absolute Gasteiger partial charge is 0.344 e. The molecule has 1 amide bonds. The number of nitrogens with one attached hydrogen (secondary N) is 1. The zero-order chi connectivity index (χ0) is 26.3. The third-order valence-corrected chi connectivity index (χ3v) is 6.46. The normalized spacial score (nSPS) is 12.6. The molecule has 5 rings (SSSR count). The van der Waals surface area contributed by atoms with Crippen LogP contribution in [0.5, 0.6) is 0 Å². The molecule has 186 valence electrons. The summed E-state index contributed by atoms with van der Waals surface area (Å²) in [5.74, 6) is -0.354. The van der Waals surface area contributed by atoms with Gasteiger partial charge in [0.25, 0.3) is 11.5 Å². The topological polar surface area (TPSA) is 64.0 Å². The lowest BCUT2D eigenvalue weighted by Crippen LogP contribution is -2.27. The molecule has 0 saturated heterocycles. The fourth-order valence-corrected chi connectivity index (χ4v) is 4.60. The first-order valence-electron chi connectivity index (χ1n) is 11.3. The molecule has 9 heteroatoms. The second kappa shape index (κ2) is 9.37. The Kier molecular flexibility index (Phi) is 6.21. The first-order chi connectivity index (χ1) is 17.6. The highest BCUT2D eigenvalue weighted by Crippen LogP contribution is 2.33. The number of fused-ring (bicyclic) bond motifs is 3. The number of rotatable bonds is 4. The Labute approximate surface area is 214 Å². The Balaban J connectivity index is 1.67. The summed E-state index contributed by atoms with van der Waals surface area (Å²) in [6, 6.07) is 19.1. The molecule has 1 N–H and O–H groups in total. The minimum atomic E-state index is -4.50. The Bertz CT molecular complexity index is 1700. The van der Waals surface area contributed by atoms with Crippen LogP contribution in [0.1, 0.15) is 34.6 Å². The standard InChI is InChI=1S/C28H19ClF3N3O2/c1-16(23-7-2-3-14-33-23)34-26(36)17-8-13-24-21(15-17)25-20(5-4-6-22(25)29)27(37)35(24)19-11-9-18(10-12-19)28(30,31)32/h2-16H,1H3,(H,34,36)/t16-/m0/s1. The summed E-state index contributed by atoms with van der Waals surface area (Å²) in [5, 5.41) is 4.47. The molecule has 2 heterocycles. The van der Waals surface area contributed by atoms with E-state index in [2.05, 4.69) is 10.3 Å². The lowest BCUT2D eigenvalue weighted by atomic mass is 10.0. The van der Waals surface area contributed by atoms with E-state index in [1.807, 2.05) is 13.0 Å². The van der Waals surface area contributed by atoms with Crippen LogP contribution in [-0.2, 0) is 6.18 Å². The van der Waals surface area contributed by atoms with Crippen molar-refractivity contribution in [2.24, 2.45) is 0 Å². The Morgan fingerprint density at radius 3 is 2.41 bits per heavy atom. The molecule has 5 nitrogen and oxygen atoms in total. The monoisotopic (exact) mass is 521 g/mol. The molecule has 0 radical (unpaired) electrons. The van der Waals surface area contributed by atoms with Crippen molar-refractivity contribution in [2.45, 2.75) is 19.1 Å². The van der Waals surface area contributed by atoms with Crippen LogP contribution in [0.2, 0.25) is 5.02 Å². The summed E-state index contributed by atoms with van der Waals surface area (Å²) in [7, 11) is 0. The van der Waals surface area contributed by atoms with Crippen LogP contribution >= 0.6 is 11.6 Å². The predicted molar refractivity (Wildman–Crippen MR) is 137 cm³/mol. The highest BCUT2D eigenvalue weighted by Gasteiger charge is 2.30. The molecule has 0 aliphatic heterocycles. The highest BCUT2D eigenvalue weighted by molar-refractivity contribution is 6.37. The van der Waals surface area contributed by atoms with Crippen molar-refractivity contribution in [3.63, 3.8) is 0 Å². The average Bonchev–Trinajstić information content (AvgIpc) is 2.89. The largest absolute Gasteiger partial charge is 0.416 e. The van der Waals surface area contributed by atoms with Gasteiger partial charge in [0.05, 0.1) is 22.8 Å². The maximum Gasteiger partial charge on any atom is 0.416 e. The average molecular weight is 522 g/mol. The number of pyridine rings is 2. The second-order valence-corrected chi connectivity index (χ2v) is 8.94. The van der Waals surface area contributed by atoms with Crippen molar-refractivity contribution in [3.05, 3.63) is 117 Å². The quantitative estimate of drug-likeness (QED) is 0.268. The van der Waals surface area contributed by atoms with Crippen LogP contribution in [0, 0.1) is 0 Å². The number of hydrogen-bond acceptors (Lipinski definition) is 3. The fraction of sp³-hybridized carbons (Fsp3) is 0.107. The zero-order valence-electron chi connectivity index (χ0n) is 19.4. The molecule has 2 aromatic heterocycles. The SMILES string of the molecule is C[C@H](NC(=O)c1ccc2c(c1)c1c(Cl)cccc1c(=O)n2-c1ccc(C(F)(F)F)cc1)c1ccccn1. The summed E-state index contributed by atoms with van der Waals surface area (Å²) >= 11 is 6.49. The molecule has 0 bridgehead atoms. The van der Waals surface area contributed by atoms with Crippen molar-refractivity contribution in [1.29, 1.82) is 0 Å². The third kappa shape index (κ3) is 4.56. The van der Waals surface area contributed by atoms with Crippen molar-refractivity contribution in [3.8, 4) is 5.69 Å². The Morgan fingerprint density at radius 1 is 0.973 bits per heavy atom. The van der Waals surface area contributed by atoms with Crippen LogP contribution in [0.15, 0.2) is 89.9 Å². The minimum absolute atomic E-state index is 0.255. The number of carbonyl (C=O) groups excluding carboxylic acids is 1. The van der Waals surface area contributed by atoms with Gasteiger partial charge in [-0.1, -0.05) is 23.7 Å². The van der Waals surface area contributed by atoms with Gasteiger partial charge in [0.1, 0.15) is 0 Å². The minimum Gasteiger partial charge on any atom is -0.344 e. The van der Waals surface area contributed by atoms with Gasteiger partial charge in [0.2, 0.25) is 0 Å². The van der Waals surface area contributed by atoms with E-state index in [1.165, 1.54) is 16.7 Å². The highest BCUT2D eigenvalue weighted by atomic mass is 35.5. The summed E-state index contributed by atoms with van der Waals surface area (Å²) in [5.41, 5.74) is 0.421. The van der Waals surface area contributed by atoms with E-state index in [9.17, 15) is 22.8 Å². The number of benzene rings is 3. The van der Waals surface area contributed by atoms with E-state index in [0.717, 1.165) is 12.1 Å². The summed E-state index contributed by atoms with van der Waals surface area (Å²) in [4.78, 5) is 30.9. The first kappa shape index (κ1) is 24.5. The van der Waals surface area contributed by atoms with E-state index in [-0.39, 0.29) is 23.0 Å². The van der Waals surface area contributed by atoms with E-state index in [4.69, 9.17) is 11.6 Å². The van der Waals surface area contributed by atoms with Crippen LogP contribution < -0.4 is 10.9 Å². The molecule has 0 aliphatic rings. The van der Waals surface area contributed by atoms with E-state index in [1.54, 1.807) is 54.7 Å². The summed E-state index contributed by atoms with van der Waals surface area (Å²) in [6.07, 6.45) is -2.86. The van der Waals surface area contributed by atoms with Gasteiger partial charge in [-0.2, -0.15) is 13.2 Å². The fourth-order valence-electron chi connectivity index (χ4n) is 4.32. The maximum atomic E-state index is 13.5. The van der Waals surface area contributed by atoms with Gasteiger partial charge in [-0.15, -0.1) is 0 Å². The molecular weight excluding hydrogens is 503 g/mol. The summed E-state index contributed by atoms with van der Waals surface area (Å²) < 4.78 is 40.6. The number of halogens is 4. The van der Waals surface area contributed by atoms with Gasteiger partial charge in [-0.05, 0) is 73.7 Å². The van der Waals surface area contributed by atoms with Crippen LogP contribution in [0.25, 0.3) is 27.4 Å². The van der Waals surface area contributed by atoms with Gasteiger partial charge in [-0.25, -0.2) is 0 Å². The molecule has 0 unspecified atom stereocenters. The zero-order valence-corrected chi connectivity index (χ0v) is 20.1. The van der Waals surface area contributed by atoms with E-state index < -0.39 is 17.3 Å². The number of nitrogens with zero attached hydrogens (tertiary/aromatic N) is 2. The van der Waals surface area contributed by atoms with Crippen molar-refractivity contribution in [1.82, 2.24) is 14.9 Å². The Morgan fingerprint density at radius 2 is 1.73 bits per heavy atom. The number of carbonyl (C=O) groups is 1. The number of aromatic nitrogens is 2. The molecule has 0 fully saturated rings. The van der Waals surface area contributed by atoms with Gasteiger partial charge >= 0.3 is 6.18 Å². The lowest BCUT2D eigenvalue weighted by Gasteiger charge is -2.17. The lowest BCUT2D eigenvalue weighted by molar-refractivity contribution is -0.137. The van der Waals surface area contributed by atoms with Crippen LogP contribution in [0.4, 0.5) is 13.2 Å². The molecule has 5 aromatic rings. The molecular formula is C28H19ClF3N3O2. The molecule has 3 aromatic carbocycles. The molecule has 0 spiro atoms. The Hall–Kier alpha value is -4.17. The van der Waals surface area contributed by atoms with Gasteiger partial charge in [0, 0.05) is 38.6 Å². The predicted octanol–water partition coefficient (Wildman–Crippen LogP) is 6.70. The van der Waals surface area contributed by atoms with Crippen molar-refractivity contribution >= 4 is 39.2 Å². The third-order valence-electron chi connectivity index (χ3n) is 6.15. The van der Waals surface area contributed by atoms with Gasteiger partial charge < -0.3 is 5.32 Å². The molecule has 0 aliphatic carbocycles. The number of hydrogen-bond donors (Lipinski definition) is 1. The van der Waals surface area contributed by atoms with Crippen molar-refractivity contribution in [2.75, 3.05) is 0 Å². The number of alkyl halides is 3. The van der Waals surface area contributed by atoms with Crippen molar-refractivity contribution < 1.29 is 18.0 Å². The number of amides is 1. The van der Waals surface area contributed by atoms with Crippen LogP contribution in [0.3, 0.4) is 0 Å². The van der Waals surface area contributed by atoms with Crippen LogP contribution in [-0.4, -0.2) is 15.5 Å². The molecule has 1 atom stereocenters. The molecule has 0 saturated carbocycles. The molecule has 37 heavy (non-hydrogen) atoms.